The standard InChI is InChI=1S/C22H37N5O3/c1-5-14-27(6-2)22(28)29-15-19(26(4)24)21(23)18-12-13-20(16(3)25-18)30-17-10-8-7-9-11-17/h12-13,17H,5-11,14-15,23-24H2,1-4H3/b21-19-. The van der Waals surface area contributed by atoms with Crippen LogP contribution in [0.4, 0.5) is 4.79 Å². The zero-order valence-electron chi connectivity index (χ0n) is 18.8. The van der Waals surface area contributed by atoms with Crippen LogP contribution >= 0.6 is 0 Å². The van der Waals surface area contributed by atoms with Crippen molar-refractivity contribution in [1.29, 1.82) is 0 Å². The fourth-order valence-corrected chi connectivity index (χ4v) is 3.57. The number of ether oxygens (including phenoxy) is 2. The van der Waals surface area contributed by atoms with Crippen molar-refractivity contribution in [3.63, 3.8) is 0 Å². The number of carbonyl (C=O) groups is 1. The second-order valence-corrected chi connectivity index (χ2v) is 7.76. The van der Waals surface area contributed by atoms with Gasteiger partial charge in [-0.25, -0.2) is 15.6 Å². The first-order chi connectivity index (χ1) is 14.4. The zero-order chi connectivity index (χ0) is 22.1. The molecule has 1 aromatic rings. The molecule has 30 heavy (non-hydrogen) atoms. The number of aryl methyl sites for hydroxylation is 1. The number of amides is 1. The molecule has 0 atom stereocenters. The molecule has 8 nitrogen and oxygen atoms in total. The lowest BCUT2D eigenvalue weighted by Gasteiger charge is -2.24. The van der Waals surface area contributed by atoms with Gasteiger partial charge in [-0.2, -0.15) is 0 Å². The number of hydrogen-bond donors (Lipinski definition) is 2. The number of hydrazine groups is 1. The minimum absolute atomic E-state index is 0.0288. The van der Waals surface area contributed by atoms with Gasteiger partial charge in [0.15, 0.2) is 0 Å². The van der Waals surface area contributed by atoms with Crippen LogP contribution in [0, 0.1) is 6.92 Å². The van der Waals surface area contributed by atoms with Gasteiger partial charge in [0, 0.05) is 20.1 Å². The molecule has 1 aliphatic rings. The monoisotopic (exact) mass is 419 g/mol. The molecule has 2 rings (SSSR count). The minimum atomic E-state index is -0.383. The Morgan fingerprint density at radius 2 is 1.93 bits per heavy atom. The molecule has 0 bridgehead atoms. The van der Waals surface area contributed by atoms with E-state index in [1.54, 1.807) is 11.9 Å². The number of aromatic nitrogens is 1. The second-order valence-electron chi connectivity index (χ2n) is 7.76. The quantitative estimate of drug-likeness (QED) is 0.466. The summed E-state index contributed by atoms with van der Waals surface area (Å²) in [5.41, 5.74) is 8.56. The van der Waals surface area contributed by atoms with Gasteiger partial charge in [-0.1, -0.05) is 13.3 Å². The Balaban J connectivity index is 2.13. The molecule has 1 fully saturated rings. The van der Waals surface area contributed by atoms with E-state index in [9.17, 15) is 4.79 Å². The molecule has 1 saturated carbocycles. The third-order valence-electron chi connectivity index (χ3n) is 5.36. The third kappa shape index (κ3) is 6.52. The zero-order valence-corrected chi connectivity index (χ0v) is 18.8. The summed E-state index contributed by atoms with van der Waals surface area (Å²) in [6, 6.07) is 3.72. The molecule has 4 N–H and O–H groups in total. The molecule has 0 aromatic carbocycles. The molecular formula is C22H37N5O3. The summed E-state index contributed by atoms with van der Waals surface area (Å²) >= 11 is 0. The third-order valence-corrected chi connectivity index (χ3v) is 5.36. The smallest absolute Gasteiger partial charge is 0.410 e. The van der Waals surface area contributed by atoms with Crippen LogP contribution in [-0.4, -0.2) is 53.8 Å². The van der Waals surface area contributed by atoms with Crippen LogP contribution in [0.3, 0.4) is 0 Å². The summed E-state index contributed by atoms with van der Waals surface area (Å²) in [7, 11) is 1.66. The fraction of sp³-hybridized carbons (Fsp3) is 0.636. The van der Waals surface area contributed by atoms with Crippen molar-refractivity contribution in [2.75, 3.05) is 26.7 Å². The van der Waals surface area contributed by atoms with Gasteiger partial charge in [-0.05, 0) is 58.1 Å². The van der Waals surface area contributed by atoms with Gasteiger partial charge in [0.1, 0.15) is 12.4 Å². The molecule has 1 heterocycles. The molecule has 1 aromatic heterocycles. The first-order valence-electron chi connectivity index (χ1n) is 10.9. The number of nitrogens with zero attached hydrogens (tertiary/aromatic N) is 3. The van der Waals surface area contributed by atoms with E-state index >= 15 is 0 Å². The Morgan fingerprint density at radius 3 is 2.50 bits per heavy atom. The maximum atomic E-state index is 12.3. The molecule has 1 amide bonds. The van der Waals surface area contributed by atoms with Crippen molar-refractivity contribution in [1.82, 2.24) is 14.9 Å². The number of pyridine rings is 1. The van der Waals surface area contributed by atoms with Gasteiger partial charge in [-0.15, -0.1) is 0 Å². The van der Waals surface area contributed by atoms with Crippen molar-refractivity contribution in [3.8, 4) is 5.75 Å². The van der Waals surface area contributed by atoms with Gasteiger partial charge >= 0.3 is 6.09 Å². The fourth-order valence-electron chi connectivity index (χ4n) is 3.57. The van der Waals surface area contributed by atoms with Gasteiger partial charge in [0.05, 0.1) is 28.9 Å². The van der Waals surface area contributed by atoms with Crippen LogP contribution in [0.2, 0.25) is 0 Å². The molecule has 8 heteroatoms. The number of rotatable bonds is 9. The maximum absolute atomic E-state index is 12.3. The first kappa shape index (κ1) is 23.8. The molecule has 168 valence electrons. The summed E-state index contributed by atoms with van der Waals surface area (Å²) in [6.07, 6.45) is 6.62. The molecular weight excluding hydrogens is 382 g/mol. The van der Waals surface area contributed by atoms with Gasteiger partial charge in [0.25, 0.3) is 0 Å². The van der Waals surface area contributed by atoms with Gasteiger partial charge in [0.2, 0.25) is 0 Å². The molecule has 0 spiro atoms. The van der Waals surface area contributed by atoms with Gasteiger partial charge < -0.3 is 25.1 Å². The summed E-state index contributed by atoms with van der Waals surface area (Å²) in [6.45, 7) is 7.04. The Bertz CT molecular complexity index is 729. The van der Waals surface area contributed by atoms with E-state index in [4.69, 9.17) is 21.1 Å². The average molecular weight is 420 g/mol. The Labute approximate surface area is 180 Å². The second kappa shape index (κ2) is 11.6. The summed E-state index contributed by atoms with van der Waals surface area (Å²) in [4.78, 5) is 18.5. The normalized spacial score (nSPS) is 15.4. The Morgan fingerprint density at radius 1 is 1.23 bits per heavy atom. The molecule has 0 saturated heterocycles. The van der Waals surface area contributed by atoms with Crippen LogP contribution in [0.25, 0.3) is 5.70 Å². The van der Waals surface area contributed by atoms with Crippen molar-refractivity contribution in [3.05, 3.63) is 29.2 Å². The van der Waals surface area contributed by atoms with E-state index in [0.29, 0.717) is 30.2 Å². The number of nitrogens with two attached hydrogens (primary N) is 2. The molecule has 1 aliphatic carbocycles. The minimum Gasteiger partial charge on any atom is -0.489 e. The predicted octanol–water partition coefficient (Wildman–Crippen LogP) is 3.40. The van der Waals surface area contributed by atoms with Crippen LogP contribution in [0.1, 0.15) is 63.8 Å². The Hall–Kier alpha value is -2.48. The van der Waals surface area contributed by atoms with Crippen LogP contribution in [0.15, 0.2) is 17.8 Å². The highest BCUT2D eigenvalue weighted by atomic mass is 16.6. The van der Waals surface area contributed by atoms with E-state index in [2.05, 4.69) is 4.98 Å². The molecule has 0 unspecified atom stereocenters. The highest BCUT2D eigenvalue weighted by Gasteiger charge is 2.19. The van der Waals surface area contributed by atoms with Crippen LogP contribution in [-0.2, 0) is 4.74 Å². The highest BCUT2D eigenvalue weighted by molar-refractivity contribution is 5.69. The highest BCUT2D eigenvalue weighted by Crippen LogP contribution is 2.26. The number of carbonyl (C=O) groups excluding carboxylic acids is 1. The van der Waals surface area contributed by atoms with E-state index in [1.807, 2.05) is 32.9 Å². The van der Waals surface area contributed by atoms with Crippen LogP contribution < -0.4 is 16.3 Å². The predicted molar refractivity (Wildman–Crippen MR) is 118 cm³/mol. The van der Waals surface area contributed by atoms with Crippen molar-refractivity contribution < 1.29 is 14.3 Å². The van der Waals surface area contributed by atoms with Gasteiger partial charge in [-0.3, -0.25) is 0 Å². The number of hydrogen-bond acceptors (Lipinski definition) is 7. The lowest BCUT2D eigenvalue weighted by Crippen LogP contribution is -2.35. The van der Waals surface area contributed by atoms with Crippen molar-refractivity contribution in [2.24, 2.45) is 11.6 Å². The van der Waals surface area contributed by atoms with E-state index in [-0.39, 0.29) is 18.8 Å². The molecule has 0 aliphatic heterocycles. The van der Waals surface area contributed by atoms with Crippen LogP contribution in [0.5, 0.6) is 5.75 Å². The summed E-state index contributed by atoms with van der Waals surface area (Å²) in [5.74, 6) is 6.74. The lowest BCUT2D eigenvalue weighted by molar-refractivity contribution is 0.106. The summed E-state index contributed by atoms with van der Waals surface area (Å²) < 4.78 is 11.6. The first-order valence-corrected chi connectivity index (χ1v) is 10.9. The maximum Gasteiger partial charge on any atom is 0.410 e. The number of likely N-dealkylation sites (N-methyl/N-ethyl adjacent to an activating group) is 1. The summed E-state index contributed by atoms with van der Waals surface area (Å²) in [5, 5.41) is 1.36. The van der Waals surface area contributed by atoms with Crippen molar-refractivity contribution in [2.45, 2.75) is 65.4 Å². The average Bonchev–Trinajstić information content (AvgIpc) is 2.73. The lowest BCUT2D eigenvalue weighted by atomic mass is 9.98. The SMILES string of the molecule is CCCN(CC)C(=O)OC/C(=C(/N)c1ccc(OC2CCCCC2)c(C)n1)N(C)N. The van der Waals surface area contributed by atoms with E-state index < -0.39 is 0 Å². The Kier molecular flexibility index (Phi) is 9.23. The topological polar surface area (TPSA) is 107 Å². The molecule has 0 radical (unpaired) electrons. The van der Waals surface area contributed by atoms with Crippen molar-refractivity contribution >= 4 is 11.8 Å². The van der Waals surface area contributed by atoms with E-state index in [1.165, 1.54) is 24.3 Å². The van der Waals surface area contributed by atoms with E-state index in [0.717, 1.165) is 30.7 Å². The largest absolute Gasteiger partial charge is 0.489 e.